The summed E-state index contributed by atoms with van der Waals surface area (Å²) in [5, 5.41) is 2.93. The van der Waals surface area contributed by atoms with Gasteiger partial charge >= 0.3 is 0 Å². The normalized spacial score (nSPS) is 13.1. The lowest BCUT2D eigenvalue weighted by atomic mass is 10.0. The maximum Gasteiger partial charge on any atom is 0.244 e. The molecule has 1 unspecified atom stereocenters. The fraction of sp³-hybridized carbons (Fsp3) is 0.438. The lowest BCUT2D eigenvalue weighted by molar-refractivity contribution is -0.116. The van der Waals surface area contributed by atoms with Crippen molar-refractivity contribution in [3.8, 4) is 0 Å². The van der Waals surface area contributed by atoms with Crippen molar-refractivity contribution < 1.29 is 4.79 Å². The van der Waals surface area contributed by atoms with Crippen LogP contribution in [0.3, 0.4) is 0 Å². The smallest absolute Gasteiger partial charge is 0.244 e. The van der Waals surface area contributed by atoms with Crippen LogP contribution in [0.25, 0.3) is 6.08 Å². The predicted octanol–water partition coefficient (Wildman–Crippen LogP) is 1.98. The quantitative estimate of drug-likeness (QED) is 0.616. The molecule has 0 bridgehead atoms. The number of hydrogen-bond acceptors (Lipinski definition) is 3. The topological polar surface area (TPSA) is 58.4 Å². The summed E-state index contributed by atoms with van der Waals surface area (Å²) in [7, 11) is 4.06. The van der Waals surface area contributed by atoms with E-state index >= 15 is 0 Å². The molecule has 0 aliphatic carbocycles. The molecule has 0 aromatic heterocycles. The molecule has 110 valence electrons. The minimum atomic E-state index is -0.0747. The van der Waals surface area contributed by atoms with Gasteiger partial charge in [0, 0.05) is 24.4 Å². The molecular formula is C16H25N3O. The van der Waals surface area contributed by atoms with Gasteiger partial charge in [-0.05, 0) is 43.8 Å². The highest BCUT2D eigenvalue weighted by atomic mass is 16.1. The molecule has 1 aromatic carbocycles. The summed E-state index contributed by atoms with van der Waals surface area (Å²) in [4.78, 5) is 13.9. The van der Waals surface area contributed by atoms with E-state index in [1.54, 1.807) is 12.2 Å². The maximum atomic E-state index is 11.8. The number of amides is 1. The lowest BCUT2D eigenvalue weighted by Crippen LogP contribution is -2.43. The standard InChI is InChI=1S/C16H25N3O/c1-12(2)15(19(3)4)11-18-16(20)10-7-13-5-8-14(17)9-6-13/h5-10,12,15H,11,17H2,1-4H3,(H,18,20)/b10-7+. The average molecular weight is 275 g/mol. The minimum absolute atomic E-state index is 0.0747. The third-order valence-electron chi connectivity index (χ3n) is 3.28. The Morgan fingerprint density at radius 2 is 1.90 bits per heavy atom. The number of carbonyl (C=O) groups is 1. The molecule has 0 heterocycles. The molecule has 1 aromatic rings. The second-order valence-electron chi connectivity index (χ2n) is 5.52. The van der Waals surface area contributed by atoms with Crippen molar-refractivity contribution in [3.05, 3.63) is 35.9 Å². The van der Waals surface area contributed by atoms with E-state index < -0.39 is 0 Å². The highest BCUT2D eigenvalue weighted by molar-refractivity contribution is 5.91. The van der Waals surface area contributed by atoms with Gasteiger partial charge in [-0.15, -0.1) is 0 Å². The van der Waals surface area contributed by atoms with E-state index in [9.17, 15) is 4.79 Å². The van der Waals surface area contributed by atoms with Crippen molar-refractivity contribution in [3.63, 3.8) is 0 Å². The number of benzene rings is 1. The molecular weight excluding hydrogens is 250 g/mol. The summed E-state index contributed by atoms with van der Waals surface area (Å²) >= 11 is 0. The van der Waals surface area contributed by atoms with E-state index in [2.05, 4.69) is 24.1 Å². The summed E-state index contributed by atoms with van der Waals surface area (Å²) in [6.45, 7) is 4.96. The van der Waals surface area contributed by atoms with Crippen LogP contribution in [-0.4, -0.2) is 37.5 Å². The van der Waals surface area contributed by atoms with E-state index in [4.69, 9.17) is 5.73 Å². The van der Waals surface area contributed by atoms with Crippen LogP contribution in [-0.2, 0) is 4.79 Å². The van der Waals surface area contributed by atoms with E-state index in [1.807, 2.05) is 38.4 Å². The first-order valence-electron chi connectivity index (χ1n) is 6.88. The van der Waals surface area contributed by atoms with E-state index in [-0.39, 0.29) is 5.91 Å². The summed E-state index contributed by atoms with van der Waals surface area (Å²) in [6.07, 6.45) is 3.34. The van der Waals surface area contributed by atoms with Gasteiger partial charge in [0.2, 0.25) is 5.91 Å². The Balaban J connectivity index is 2.49. The number of nitrogen functional groups attached to an aromatic ring is 1. The third-order valence-corrected chi connectivity index (χ3v) is 3.28. The molecule has 1 amide bonds. The summed E-state index contributed by atoms with van der Waals surface area (Å²) in [6, 6.07) is 7.74. The third kappa shape index (κ3) is 5.45. The first-order chi connectivity index (χ1) is 9.40. The fourth-order valence-electron chi connectivity index (χ4n) is 2.06. The van der Waals surface area contributed by atoms with Crippen LogP contribution in [0, 0.1) is 5.92 Å². The van der Waals surface area contributed by atoms with Gasteiger partial charge in [0.25, 0.3) is 0 Å². The predicted molar refractivity (Wildman–Crippen MR) is 85.2 cm³/mol. The zero-order valence-electron chi connectivity index (χ0n) is 12.8. The van der Waals surface area contributed by atoms with Gasteiger partial charge in [-0.2, -0.15) is 0 Å². The Morgan fingerprint density at radius 1 is 1.30 bits per heavy atom. The van der Waals surface area contributed by atoms with Crippen LogP contribution in [0.15, 0.2) is 30.3 Å². The molecule has 0 spiro atoms. The molecule has 20 heavy (non-hydrogen) atoms. The van der Waals surface area contributed by atoms with Crippen molar-refractivity contribution >= 4 is 17.7 Å². The molecule has 0 fully saturated rings. The number of anilines is 1. The zero-order valence-corrected chi connectivity index (χ0v) is 12.8. The van der Waals surface area contributed by atoms with Crippen LogP contribution < -0.4 is 11.1 Å². The second-order valence-corrected chi connectivity index (χ2v) is 5.52. The fourth-order valence-corrected chi connectivity index (χ4v) is 2.06. The summed E-state index contributed by atoms with van der Waals surface area (Å²) < 4.78 is 0. The second kappa shape index (κ2) is 7.70. The molecule has 3 N–H and O–H groups in total. The first kappa shape index (κ1) is 16.2. The van der Waals surface area contributed by atoms with E-state index in [0.29, 0.717) is 18.5 Å². The number of carbonyl (C=O) groups excluding carboxylic acids is 1. The van der Waals surface area contributed by atoms with Crippen molar-refractivity contribution in [2.75, 3.05) is 26.4 Å². The van der Waals surface area contributed by atoms with Crippen molar-refractivity contribution in [2.45, 2.75) is 19.9 Å². The van der Waals surface area contributed by atoms with Crippen LogP contribution in [0.4, 0.5) is 5.69 Å². The van der Waals surface area contributed by atoms with Crippen LogP contribution in [0.2, 0.25) is 0 Å². The van der Waals surface area contributed by atoms with Crippen LogP contribution in [0.5, 0.6) is 0 Å². The number of nitrogens with one attached hydrogen (secondary N) is 1. The average Bonchev–Trinajstić information content (AvgIpc) is 2.37. The molecule has 0 saturated carbocycles. The molecule has 1 rings (SSSR count). The largest absolute Gasteiger partial charge is 0.399 e. The summed E-state index contributed by atoms with van der Waals surface area (Å²) in [5.41, 5.74) is 7.29. The Kier molecular flexibility index (Phi) is 6.25. The molecule has 1 atom stereocenters. The monoisotopic (exact) mass is 275 g/mol. The molecule has 0 aliphatic heterocycles. The zero-order chi connectivity index (χ0) is 15.1. The van der Waals surface area contributed by atoms with E-state index in [0.717, 1.165) is 11.3 Å². The molecule has 4 heteroatoms. The van der Waals surface area contributed by atoms with Gasteiger partial charge in [-0.25, -0.2) is 0 Å². The molecule has 0 aliphatic rings. The van der Waals surface area contributed by atoms with Crippen LogP contribution >= 0.6 is 0 Å². The van der Waals surface area contributed by atoms with E-state index in [1.165, 1.54) is 0 Å². The van der Waals surface area contributed by atoms with Gasteiger partial charge in [-0.3, -0.25) is 4.79 Å². The highest BCUT2D eigenvalue weighted by Gasteiger charge is 2.15. The Bertz CT molecular complexity index is 441. The maximum absolute atomic E-state index is 11.8. The van der Waals surface area contributed by atoms with Crippen molar-refractivity contribution in [1.82, 2.24) is 10.2 Å². The number of hydrogen-bond donors (Lipinski definition) is 2. The Morgan fingerprint density at radius 3 is 2.40 bits per heavy atom. The minimum Gasteiger partial charge on any atom is -0.399 e. The highest BCUT2D eigenvalue weighted by Crippen LogP contribution is 2.07. The summed E-state index contributed by atoms with van der Waals surface area (Å²) in [5.74, 6) is 0.417. The first-order valence-corrected chi connectivity index (χ1v) is 6.88. The van der Waals surface area contributed by atoms with Crippen molar-refractivity contribution in [2.24, 2.45) is 5.92 Å². The van der Waals surface area contributed by atoms with Gasteiger partial charge in [-0.1, -0.05) is 26.0 Å². The number of nitrogens with zero attached hydrogens (tertiary/aromatic N) is 1. The SMILES string of the molecule is CC(C)C(CNC(=O)/C=C/c1ccc(N)cc1)N(C)C. The number of rotatable bonds is 6. The lowest BCUT2D eigenvalue weighted by Gasteiger charge is -2.27. The number of nitrogens with two attached hydrogens (primary N) is 1. The molecule has 0 radical (unpaired) electrons. The molecule has 4 nitrogen and oxygen atoms in total. The van der Waals surface area contributed by atoms with Gasteiger partial charge < -0.3 is 16.0 Å². The molecule has 0 saturated heterocycles. The Labute approximate surface area is 121 Å². The Hall–Kier alpha value is -1.81. The van der Waals surface area contributed by atoms with Gasteiger partial charge in [0.05, 0.1) is 0 Å². The number of likely N-dealkylation sites (N-methyl/N-ethyl adjacent to an activating group) is 1. The van der Waals surface area contributed by atoms with Gasteiger partial charge in [0.15, 0.2) is 0 Å². The van der Waals surface area contributed by atoms with Gasteiger partial charge in [0.1, 0.15) is 0 Å². The van der Waals surface area contributed by atoms with Crippen molar-refractivity contribution in [1.29, 1.82) is 0 Å². The van der Waals surface area contributed by atoms with Crippen LogP contribution in [0.1, 0.15) is 19.4 Å².